The fraction of sp³-hybridized carbons (Fsp3) is 0.167. The smallest absolute Gasteiger partial charge is 0.309 e. The number of nitrogens with one attached hydrogen (secondary N) is 1. The maximum absolute atomic E-state index is 13.4. The van der Waals surface area contributed by atoms with Crippen LogP contribution in [0.1, 0.15) is 5.69 Å². The Balaban J connectivity index is 2.21. The molecule has 2 aromatic rings. The molecule has 0 aliphatic heterocycles. The highest BCUT2D eigenvalue weighted by molar-refractivity contribution is 5.90. The van der Waals surface area contributed by atoms with Gasteiger partial charge in [-0.2, -0.15) is 5.10 Å². The highest BCUT2D eigenvalue weighted by Crippen LogP contribution is 2.24. The van der Waals surface area contributed by atoms with Crippen LogP contribution in [-0.4, -0.2) is 20.6 Å². The van der Waals surface area contributed by atoms with Crippen LogP contribution in [-0.2, 0) is 11.3 Å². The third-order valence-electron chi connectivity index (χ3n) is 2.80. The fourth-order valence-electron chi connectivity index (χ4n) is 1.78. The first-order valence-electron chi connectivity index (χ1n) is 6.02. The molecule has 11 heteroatoms. The summed E-state index contributed by atoms with van der Waals surface area (Å²) in [5.74, 6) is -7.96. The van der Waals surface area contributed by atoms with Gasteiger partial charge in [-0.25, -0.2) is 17.6 Å². The highest BCUT2D eigenvalue weighted by atomic mass is 19.2. The Kier molecular flexibility index (Phi) is 4.29. The molecule has 0 bridgehead atoms. The Bertz CT molecular complexity index is 780. The molecule has 0 fully saturated rings. The lowest BCUT2D eigenvalue weighted by molar-refractivity contribution is -0.385. The second-order valence-electron chi connectivity index (χ2n) is 4.45. The number of benzene rings is 1. The molecular weight excluding hydrogens is 324 g/mol. The zero-order valence-corrected chi connectivity index (χ0v) is 11.4. The minimum atomic E-state index is -1.76. The van der Waals surface area contributed by atoms with Gasteiger partial charge in [-0.15, -0.1) is 0 Å². The minimum Gasteiger partial charge on any atom is -0.319 e. The normalized spacial score (nSPS) is 10.7. The molecule has 1 N–H and O–H groups in total. The SMILES string of the molecule is Cc1nn(CC(=O)Nc2c(F)c(F)cc(F)c2F)cc1[N+](=O)[O-]. The Hall–Kier alpha value is -2.98. The van der Waals surface area contributed by atoms with E-state index in [1.54, 1.807) is 5.32 Å². The number of hydrogen-bond acceptors (Lipinski definition) is 4. The number of aromatic nitrogens is 2. The van der Waals surface area contributed by atoms with E-state index < -0.39 is 46.3 Å². The summed E-state index contributed by atoms with van der Waals surface area (Å²) in [7, 11) is 0. The zero-order chi connectivity index (χ0) is 17.3. The molecule has 0 saturated heterocycles. The topological polar surface area (TPSA) is 90.1 Å². The summed E-state index contributed by atoms with van der Waals surface area (Å²) in [4.78, 5) is 21.6. The fourth-order valence-corrected chi connectivity index (χ4v) is 1.78. The molecule has 0 aliphatic carbocycles. The molecule has 0 radical (unpaired) electrons. The van der Waals surface area contributed by atoms with E-state index in [9.17, 15) is 32.5 Å². The predicted molar refractivity (Wildman–Crippen MR) is 68.5 cm³/mol. The van der Waals surface area contributed by atoms with Crippen LogP contribution < -0.4 is 5.32 Å². The highest BCUT2D eigenvalue weighted by Gasteiger charge is 2.22. The van der Waals surface area contributed by atoms with Crippen LogP contribution in [0.15, 0.2) is 12.3 Å². The van der Waals surface area contributed by atoms with E-state index in [1.165, 1.54) is 6.92 Å². The molecule has 1 aromatic heterocycles. The number of carbonyl (C=O) groups is 1. The van der Waals surface area contributed by atoms with Gasteiger partial charge in [0.2, 0.25) is 5.91 Å². The van der Waals surface area contributed by atoms with Crippen molar-refractivity contribution in [2.75, 3.05) is 5.32 Å². The lowest BCUT2D eigenvalue weighted by Crippen LogP contribution is -2.21. The number of hydrogen-bond donors (Lipinski definition) is 1. The van der Waals surface area contributed by atoms with Gasteiger partial charge in [-0.05, 0) is 6.92 Å². The molecule has 0 unspecified atom stereocenters. The van der Waals surface area contributed by atoms with Crippen LogP contribution in [0.25, 0.3) is 0 Å². The van der Waals surface area contributed by atoms with Crippen molar-refractivity contribution in [2.45, 2.75) is 13.5 Å². The first-order valence-corrected chi connectivity index (χ1v) is 6.02. The first kappa shape index (κ1) is 16.4. The van der Waals surface area contributed by atoms with Gasteiger partial charge < -0.3 is 5.32 Å². The standard InChI is InChI=1S/C12H8F4N4O3/c1-5-8(20(22)23)3-19(18-5)4-9(21)17-12-10(15)6(13)2-7(14)11(12)16/h2-3H,4H2,1H3,(H,17,21). The molecule has 2 rings (SSSR count). The summed E-state index contributed by atoms with van der Waals surface area (Å²) >= 11 is 0. The van der Waals surface area contributed by atoms with E-state index in [2.05, 4.69) is 5.10 Å². The maximum Gasteiger partial charge on any atom is 0.309 e. The maximum atomic E-state index is 13.4. The molecule has 122 valence electrons. The third kappa shape index (κ3) is 3.27. The van der Waals surface area contributed by atoms with Crippen LogP contribution in [0.4, 0.5) is 28.9 Å². The van der Waals surface area contributed by atoms with Crippen molar-refractivity contribution in [3.8, 4) is 0 Å². The van der Waals surface area contributed by atoms with E-state index in [1.807, 2.05) is 0 Å². The van der Waals surface area contributed by atoms with Gasteiger partial charge in [0.1, 0.15) is 24.1 Å². The lowest BCUT2D eigenvalue weighted by Gasteiger charge is -2.08. The number of carbonyl (C=O) groups excluding carboxylic acids is 1. The zero-order valence-electron chi connectivity index (χ0n) is 11.4. The van der Waals surface area contributed by atoms with Crippen LogP contribution >= 0.6 is 0 Å². The summed E-state index contributed by atoms with van der Waals surface area (Å²) in [5, 5.41) is 16.0. The molecular formula is C12H8F4N4O3. The van der Waals surface area contributed by atoms with Gasteiger partial charge in [0.15, 0.2) is 23.3 Å². The number of nitro groups is 1. The van der Waals surface area contributed by atoms with Gasteiger partial charge in [0.05, 0.1) is 4.92 Å². The van der Waals surface area contributed by atoms with Crippen molar-refractivity contribution in [2.24, 2.45) is 0 Å². The number of nitrogens with zero attached hydrogens (tertiary/aromatic N) is 3. The van der Waals surface area contributed by atoms with Gasteiger partial charge in [0, 0.05) is 6.07 Å². The lowest BCUT2D eigenvalue weighted by atomic mass is 10.2. The number of anilines is 1. The summed E-state index contributed by atoms with van der Waals surface area (Å²) in [6, 6.07) is 0.000540. The molecule has 1 amide bonds. The quantitative estimate of drug-likeness (QED) is 0.403. The Morgan fingerprint density at radius 2 is 1.87 bits per heavy atom. The molecule has 0 atom stereocenters. The molecule has 1 aromatic carbocycles. The van der Waals surface area contributed by atoms with Crippen LogP contribution in [0, 0.1) is 40.3 Å². The van der Waals surface area contributed by atoms with E-state index >= 15 is 0 Å². The number of rotatable bonds is 4. The van der Waals surface area contributed by atoms with Crippen molar-refractivity contribution >= 4 is 17.3 Å². The van der Waals surface area contributed by atoms with Gasteiger partial charge >= 0.3 is 5.69 Å². The third-order valence-corrected chi connectivity index (χ3v) is 2.80. The van der Waals surface area contributed by atoms with Crippen molar-refractivity contribution in [1.29, 1.82) is 0 Å². The van der Waals surface area contributed by atoms with Gasteiger partial charge in [-0.3, -0.25) is 19.6 Å². The van der Waals surface area contributed by atoms with E-state index in [4.69, 9.17) is 0 Å². The number of amides is 1. The number of halogens is 4. The van der Waals surface area contributed by atoms with Crippen LogP contribution in [0.5, 0.6) is 0 Å². The average Bonchev–Trinajstić information content (AvgIpc) is 2.82. The average molecular weight is 332 g/mol. The molecule has 1 heterocycles. The summed E-state index contributed by atoms with van der Waals surface area (Å²) < 4.78 is 53.7. The first-order chi connectivity index (χ1) is 10.7. The van der Waals surface area contributed by atoms with E-state index in [-0.39, 0.29) is 17.4 Å². The van der Waals surface area contributed by atoms with Gasteiger partial charge in [0.25, 0.3) is 0 Å². The van der Waals surface area contributed by atoms with Crippen LogP contribution in [0.2, 0.25) is 0 Å². The van der Waals surface area contributed by atoms with Crippen LogP contribution in [0.3, 0.4) is 0 Å². The minimum absolute atomic E-state index is 0.000540. The Labute approximate surface area is 125 Å². The monoisotopic (exact) mass is 332 g/mol. The molecule has 23 heavy (non-hydrogen) atoms. The Morgan fingerprint density at radius 1 is 1.30 bits per heavy atom. The molecule has 0 aliphatic rings. The Morgan fingerprint density at radius 3 is 2.35 bits per heavy atom. The number of aryl methyl sites for hydroxylation is 1. The van der Waals surface area contributed by atoms with Crippen molar-refractivity contribution in [3.05, 3.63) is 51.3 Å². The summed E-state index contributed by atoms with van der Waals surface area (Å²) in [6.07, 6.45) is 0.938. The molecule has 7 nitrogen and oxygen atoms in total. The second-order valence-corrected chi connectivity index (χ2v) is 4.45. The van der Waals surface area contributed by atoms with Gasteiger partial charge in [-0.1, -0.05) is 0 Å². The summed E-state index contributed by atoms with van der Waals surface area (Å²) in [6.45, 7) is 0.680. The molecule has 0 spiro atoms. The largest absolute Gasteiger partial charge is 0.319 e. The van der Waals surface area contributed by atoms with E-state index in [0.717, 1.165) is 10.9 Å². The molecule has 0 saturated carbocycles. The van der Waals surface area contributed by atoms with Crippen molar-refractivity contribution in [1.82, 2.24) is 9.78 Å². The van der Waals surface area contributed by atoms with Crippen molar-refractivity contribution < 1.29 is 27.3 Å². The second kappa shape index (κ2) is 6.02. The van der Waals surface area contributed by atoms with Crippen molar-refractivity contribution in [3.63, 3.8) is 0 Å². The van der Waals surface area contributed by atoms with E-state index in [0.29, 0.717) is 0 Å². The summed E-state index contributed by atoms with van der Waals surface area (Å²) in [5.41, 5.74) is -1.62. The predicted octanol–water partition coefficient (Wildman–Crippen LogP) is 2.29.